The summed E-state index contributed by atoms with van der Waals surface area (Å²) in [7, 11) is 0. The Bertz CT molecular complexity index is 1760. The van der Waals surface area contributed by atoms with Crippen LogP contribution in [0.4, 0.5) is 26.1 Å². The summed E-state index contributed by atoms with van der Waals surface area (Å²) in [6.07, 6.45) is 10.4. The third-order valence-corrected chi connectivity index (χ3v) is 9.18. The van der Waals surface area contributed by atoms with Gasteiger partial charge >= 0.3 is 6.01 Å². The van der Waals surface area contributed by atoms with Crippen molar-refractivity contribution in [1.82, 2.24) is 25.2 Å². The van der Waals surface area contributed by atoms with Crippen LogP contribution in [0.2, 0.25) is 0 Å². The van der Waals surface area contributed by atoms with Crippen LogP contribution in [0.5, 0.6) is 11.8 Å². The molecule has 3 fully saturated rings. The number of halogens is 2. The molecule has 252 valence electrons. The smallest absolute Gasteiger partial charge is 0.319 e. The van der Waals surface area contributed by atoms with Gasteiger partial charge in [0.2, 0.25) is 5.91 Å². The fourth-order valence-corrected chi connectivity index (χ4v) is 6.47. The zero-order valence-electron chi connectivity index (χ0n) is 26.6. The number of carbonyl (C=O) groups excluding carboxylic acids is 1. The van der Waals surface area contributed by atoms with Gasteiger partial charge in [-0.15, -0.1) is 6.42 Å². The number of amides is 1. The van der Waals surface area contributed by atoms with E-state index in [9.17, 15) is 9.18 Å². The van der Waals surface area contributed by atoms with Crippen LogP contribution < -0.4 is 24.6 Å². The van der Waals surface area contributed by atoms with E-state index in [1.807, 2.05) is 4.90 Å². The summed E-state index contributed by atoms with van der Waals surface area (Å²) in [6.45, 7) is 9.72. The van der Waals surface area contributed by atoms with Crippen molar-refractivity contribution >= 4 is 34.1 Å². The molecule has 14 heteroatoms. The summed E-state index contributed by atoms with van der Waals surface area (Å²) in [5.41, 5.74) is 0.126. The zero-order valence-corrected chi connectivity index (χ0v) is 26.6. The molecule has 0 unspecified atom stereocenters. The topological polar surface area (TPSA) is 114 Å². The number of hydrogen-bond acceptors (Lipinski definition) is 11. The third-order valence-electron chi connectivity index (χ3n) is 9.18. The lowest BCUT2D eigenvalue weighted by Crippen LogP contribution is -2.44. The van der Waals surface area contributed by atoms with E-state index in [2.05, 4.69) is 32.7 Å². The lowest BCUT2D eigenvalue weighted by atomic mass is 10.1. The van der Waals surface area contributed by atoms with Gasteiger partial charge in [-0.1, -0.05) is 12.5 Å². The van der Waals surface area contributed by atoms with Gasteiger partial charge in [-0.05, 0) is 31.1 Å². The molecule has 0 spiro atoms. The van der Waals surface area contributed by atoms with Crippen LogP contribution in [-0.2, 0) is 14.3 Å². The van der Waals surface area contributed by atoms with Crippen molar-refractivity contribution in [2.75, 3.05) is 88.7 Å². The van der Waals surface area contributed by atoms with Crippen LogP contribution in [0.1, 0.15) is 18.4 Å². The molecule has 1 amide bonds. The molecule has 1 N–H and O–H groups in total. The van der Waals surface area contributed by atoms with Gasteiger partial charge in [-0.25, -0.2) is 13.8 Å². The maximum Gasteiger partial charge on any atom is 0.319 e. The minimum atomic E-state index is -0.738. The standard InChI is InChI=1S/C34H37F2N7O5/c1-3-23-25(35)5-6-26-30(23)43(12-16-47-26)32-28(36)29-24(17-37-32)31(42-11-15-46-19-22(18-42)38-27(44)4-2)40-33(39-29)48-21-34(7-8-34)20-41-9-13-45-14-10-41/h1,4-6,17,22H,2,7-16,18-21H2,(H,38,44)/t22-/m1/s1. The first kappa shape index (κ1) is 32.0. The minimum absolute atomic E-state index is 0.0124. The number of aromatic nitrogens is 3. The van der Waals surface area contributed by atoms with E-state index in [0.29, 0.717) is 56.5 Å². The number of anilines is 3. The quantitative estimate of drug-likeness (QED) is 0.270. The molecule has 3 aromatic rings. The Morgan fingerprint density at radius 1 is 1.12 bits per heavy atom. The number of rotatable bonds is 9. The highest BCUT2D eigenvalue weighted by atomic mass is 19.1. The average Bonchev–Trinajstić information content (AvgIpc) is 3.91. The summed E-state index contributed by atoms with van der Waals surface area (Å²) in [4.78, 5) is 31.9. The molecule has 2 saturated heterocycles. The number of ether oxygens (including phenoxy) is 4. The van der Waals surface area contributed by atoms with Crippen LogP contribution in [0.25, 0.3) is 10.9 Å². The fourth-order valence-electron chi connectivity index (χ4n) is 6.47. The maximum absolute atomic E-state index is 16.8. The first-order chi connectivity index (χ1) is 23.4. The van der Waals surface area contributed by atoms with Crippen molar-refractivity contribution in [2.24, 2.45) is 5.41 Å². The normalized spacial score (nSPS) is 20.6. The molecule has 48 heavy (non-hydrogen) atoms. The van der Waals surface area contributed by atoms with Crippen LogP contribution in [0.3, 0.4) is 0 Å². The third kappa shape index (κ3) is 6.45. The van der Waals surface area contributed by atoms with Gasteiger partial charge in [0.1, 0.15) is 35.2 Å². The van der Waals surface area contributed by atoms with Crippen LogP contribution >= 0.6 is 0 Å². The van der Waals surface area contributed by atoms with E-state index in [-0.39, 0.29) is 65.7 Å². The van der Waals surface area contributed by atoms with E-state index in [1.54, 1.807) is 0 Å². The summed E-state index contributed by atoms with van der Waals surface area (Å²) in [6, 6.07) is 2.34. The number of nitrogens with one attached hydrogen (secondary N) is 1. The summed E-state index contributed by atoms with van der Waals surface area (Å²) in [5, 5.41) is 3.23. The first-order valence-electron chi connectivity index (χ1n) is 16.1. The van der Waals surface area contributed by atoms with E-state index >= 15 is 4.39 Å². The van der Waals surface area contributed by atoms with E-state index in [0.717, 1.165) is 32.5 Å². The van der Waals surface area contributed by atoms with Crippen molar-refractivity contribution in [3.63, 3.8) is 0 Å². The van der Waals surface area contributed by atoms with Gasteiger partial charge in [0.15, 0.2) is 11.6 Å². The molecule has 7 rings (SSSR count). The van der Waals surface area contributed by atoms with E-state index in [1.165, 1.54) is 29.3 Å². The van der Waals surface area contributed by atoms with E-state index in [4.69, 9.17) is 30.4 Å². The molecule has 1 atom stereocenters. The number of benzene rings is 1. The SMILES string of the molecule is C#Cc1c(F)ccc2c1N(c1ncc3c(N4CCOC[C@H](NC(=O)C=C)C4)nc(OCC4(CN5CCOCC5)CC4)nc3c1F)CCO2. The Balaban J connectivity index is 1.27. The lowest BCUT2D eigenvalue weighted by molar-refractivity contribution is -0.117. The molecule has 1 aromatic carbocycles. The van der Waals surface area contributed by atoms with Crippen LogP contribution in [0.15, 0.2) is 31.0 Å². The van der Waals surface area contributed by atoms with Gasteiger partial charge in [0.25, 0.3) is 0 Å². The van der Waals surface area contributed by atoms with Crippen molar-refractivity contribution in [3.8, 4) is 24.1 Å². The fraction of sp³-hybridized carbons (Fsp3) is 0.471. The Morgan fingerprint density at radius 3 is 2.71 bits per heavy atom. The maximum atomic E-state index is 16.8. The molecular weight excluding hydrogens is 624 g/mol. The molecule has 4 aliphatic rings. The summed E-state index contributed by atoms with van der Waals surface area (Å²) in [5.74, 6) is 1.33. The highest BCUT2D eigenvalue weighted by Crippen LogP contribution is 2.47. The average molecular weight is 662 g/mol. The van der Waals surface area contributed by atoms with E-state index < -0.39 is 11.6 Å². The molecule has 12 nitrogen and oxygen atoms in total. The highest BCUT2D eigenvalue weighted by molar-refractivity contribution is 5.92. The van der Waals surface area contributed by atoms with Gasteiger partial charge in [0, 0.05) is 44.3 Å². The van der Waals surface area contributed by atoms with Gasteiger partial charge < -0.3 is 34.1 Å². The lowest BCUT2D eigenvalue weighted by Gasteiger charge is -2.32. The molecule has 1 aliphatic carbocycles. The Hall–Kier alpha value is -4.58. The van der Waals surface area contributed by atoms with Gasteiger partial charge in [-0.3, -0.25) is 9.69 Å². The second-order valence-electron chi connectivity index (χ2n) is 12.5. The second kappa shape index (κ2) is 13.5. The number of carbonyl (C=O) groups is 1. The van der Waals surface area contributed by atoms with Crippen LogP contribution in [-0.4, -0.2) is 111 Å². The predicted octanol–water partition coefficient (Wildman–Crippen LogP) is 2.81. The minimum Gasteiger partial charge on any atom is -0.489 e. The predicted molar refractivity (Wildman–Crippen MR) is 174 cm³/mol. The molecule has 0 radical (unpaired) electrons. The zero-order chi connectivity index (χ0) is 33.3. The second-order valence-corrected chi connectivity index (χ2v) is 12.5. The summed E-state index contributed by atoms with van der Waals surface area (Å²) < 4.78 is 54.9. The number of nitrogens with zero attached hydrogens (tertiary/aromatic N) is 6. The van der Waals surface area contributed by atoms with Gasteiger partial charge in [-0.2, -0.15) is 9.97 Å². The number of morpholine rings is 1. The Kier molecular flexibility index (Phi) is 9.00. The molecular formula is C34H37F2N7O5. The molecule has 2 aromatic heterocycles. The number of terminal acetylenes is 1. The van der Waals surface area contributed by atoms with Crippen molar-refractivity contribution in [3.05, 3.63) is 48.2 Å². The molecule has 1 saturated carbocycles. The molecule has 5 heterocycles. The summed E-state index contributed by atoms with van der Waals surface area (Å²) >= 11 is 0. The van der Waals surface area contributed by atoms with Crippen molar-refractivity contribution in [2.45, 2.75) is 18.9 Å². The Morgan fingerprint density at radius 2 is 1.94 bits per heavy atom. The monoisotopic (exact) mass is 661 g/mol. The first-order valence-corrected chi connectivity index (χ1v) is 16.1. The number of hydrogen-bond donors (Lipinski definition) is 1. The number of pyridine rings is 1. The van der Waals surface area contributed by atoms with Crippen LogP contribution in [0, 0.1) is 29.4 Å². The molecule has 3 aliphatic heterocycles. The molecule has 0 bridgehead atoms. The van der Waals surface area contributed by atoms with Crippen molar-refractivity contribution < 1.29 is 32.5 Å². The van der Waals surface area contributed by atoms with Crippen molar-refractivity contribution in [1.29, 1.82) is 0 Å². The van der Waals surface area contributed by atoms with Gasteiger partial charge in [0.05, 0.1) is 56.6 Å². The number of fused-ring (bicyclic) bond motifs is 2. The highest BCUT2D eigenvalue weighted by Gasteiger charge is 2.45. The Labute approximate surface area is 277 Å². The largest absolute Gasteiger partial charge is 0.489 e.